The lowest BCUT2D eigenvalue weighted by atomic mass is 10.4. The van der Waals surface area contributed by atoms with E-state index in [0.29, 0.717) is 30.8 Å². The van der Waals surface area contributed by atoms with Crippen LogP contribution in [0, 0.1) is 0 Å². The second kappa shape index (κ2) is 7.25. The zero-order valence-corrected chi connectivity index (χ0v) is 11.4. The maximum Gasteiger partial charge on any atom is 0.218 e. The van der Waals surface area contributed by atoms with Gasteiger partial charge in [-0.1, -0.05) is 13.3 Å². The van der Waals surface area contributed by atoms with Crippen LogP contribution in [0.2, 0.25) is 0 Å². The molecular weight excluding hydrogens is 244 g/mol. The first-order chi connectivity index (χ1) is 9.33. The van der Waals surface area contributed by atoms with Gasteiger partial charge in [0, 0.05) is 18.6 Å². The van der Waals surface area contributed by atoms with Gasteiger partial charge in [-0.15, -0.1) is 0 Å². The van der Waals surface area contributed by atoms with Crippen LogP contribution in [0.4, 0.5) is 5.82 Å². The van der Waals surface area contributed by atoms with Crippen molar-refractivity contribution in [3.8, 4) is 5.88 Å². The van der Waals surface area contributed by atoms with Crippen LogP contribution < -0.4 is 16.0 Å². The Hall–Kier alpha value is -1.40. The molecule has 6 nitrogen and oxygen atoms in total. The second-order valence-electron chi connectivity index (χ2n) is 4.68. The molecule has 0 spiro atoms. The minimum atomic E-state index is 0.469. The molecule has 0 aliphatic heterocycles. The molecule has 1 saturated carbocycles. The molecule has 0 amide bonds. The van der Waals surface area contributed by atoms with Gasteiger partial charge in [0.15, 0.2) is 0 Å². The average molecular weight is 266 g/mol. The molecule has 1 aromatic rings. The summed E-state index contributed by atoms with van der Waals surface area (Å²) in [5.41, 5.74) is 2.55. The quantitative estimate of drug-likeness (QED) is 0.403. The molecule has 3 N–H and O–H groups in total. The number of nitrogens with one attached hydrogen (secondary N) is 1. The monoisotopic (exact) mass is 266 g/mol. The van der Waals surface area contributed by atoms with Crippen LogP contribution in [0.5, 0.6) is 5.88 Å². The Kier molecular flexibility index (Phi) is 5.35. The Morgan fingerprint density at radius 2 is 2.16 bits per heavy atom. The van der Waals surface area contributed by atoms with Crippen molar-refractivity contribution in [1.82, 2.24) is 9.97 Å². The van der Waals surface area contributed by atoms with E-state index in [1.165, 1.54) is 0 Å². The SMILES string of the molecule is CCCCOCCOc1cc(NN)nc(C2CC2)n1. The third-order valence-electron chi connectivity index (χ3n) is 2.93. The van der Waals surface area contributed by atoms with Crippen molar-refractivity contribution in [2.45, 2.75) is 38.5 Å². The van der Waals surface area contributed by atoms with Gasteiger partial charge >= 0.3 is 0 Å². The fourth-order valence-electron chi connectivity index (χ4n) is 1.67. The number of nitrogen functional groups attached to an aromatic ring is 1. The molecule has 0 atom stereocenters. The fraction of sp³-hybridized carbons (Fsp3) is 0.692. The Morgan fingerprint density at radius 1 is 1.32 bits per heavy atom. The van der Waals surface area contributed by atoms with E-state index in [1.807, 2.05) is 0 Å². The molecular formula is C13H22N4O2. The molecule has 1 heterocycles. The van der Waals surface area contributed by atoms with Crippen molar-refractivity contribution in [3.05, 3.63) is 11.9 Å². The molecule has 0 unspecified atom stereocenters. The zero-order chi connectivity index (χ0) is 13.5. The Bertz CT molecular complexity index is 396. The van der Waals surface area contributed by atoms with Crippen molar-refractivity contribution < 1.29 is 9.47 Å². The summed E-state index contributed by atoms with van der Waals surface area (Å²) in [6, 6.07) is 1.71. The van der Waals surface area contributed by atoms with E-state index in [2.05, 4.69) is 22.3 Å². The highest BCUT2D eigenvalue weighted by Gasteiger charge is 2.27. The molecule has 6 heteroatoms. The second-order valence-corrected chi connectivity index (χ2v) is 4.68. The third-order valence-corrected chi connectivity index (χ3v) is 2.93. The van der Waals surface area contributed by atoms with E-state index in [9.17, 15) is 0 Å². The van der Waals surface area contributed by atoms with Gasteiger partial charge in [-0.05, 0) is 19.3 Å². The van der Waals surface area contributed by atoms with Gasteiger partial charge in [0.2, 0.25) is 5.88 Å². The van der Waals surface area contributed by atoms with E-state index in [1.54, 1.807) is 6.07 Å². The maximum atomic E-state index is 5.58. The number of aromatic nitrogens is 2. The summed E-state index contributed by atoms with van der Waals surface area (Å²) in [7, 11) is 0. The molecule has 2 rings (SSSR count). The molecule has 1 aliphatic rings. The standard InChI is InChI=1S/C13H22N4O2/c1-2-3-6-18-7-8-19-12-9-11(17-14)15-13(16-12)10-4-5-10/h9-10H,2-8,14H2,1H3,(H,15,16,17). The minimum Gasteiger partial charge on any atom is -0.475 e. The van der Waals surface area contributed by atoms with Crippen LogP contribution in [-0.4, -0.2) is 29.8 Å². The van der Waals surface area contributed by atoms with Crippen LogP contribution >= 0.6 is 0 Å². The number of nitrogens with zero attached hydrogens (tertiary/aromatic N) is 2. The van der Waals surface area contributed by atoms with Crippen LogP contribution in [0.25, 0.3) is 0 Å². The van der Waals surface area contributed by atoms with Crippen LogP contribution in [0.15, 0.2) is 6.07 Å². The van der Waals surface area contributed by atoms with E-state index < -0.39 is 0 Å². The number of rotatable bonds is 9. The molecule has 1 fully saturated rings. The number of anilines is 1. The van der Waals surface area contributed by atoms with Crippen molar-refractivity contribution in [3.63, 3.8) is 0 Å². The number of hydrogen-bond acceptors (Lipinski definition) is 6. The van der Waals surface area contributed by atoms with Crippen molar-refractivity contribution in [1.29, 1.82) is 0 Å². The van der Waals surface area contributed by atoms with Crippen molar-refractivity contribution >= 4 is 5.82 Å². The highest BCUT2D eigenvalue weighted by Crippen LogP contribution is 2.38. The molecule has 1 aliphatic carbocycles. The topological polar surface area (TPSA) is 82.3 Å². The molecule has 0 radical (unpaired) electrons. The van der Waals surface area contributed by atoms with Crippen molar-refractivity contribution in [2.75, 3.05) is 25.2 Å². The Morgan fingerprint density at radius 3 is 2.84 bits per heavy atom. The first kappa shape index (κ1) is 14.0. The summed E-state index contributed by atoms with van der Waals surface area (Å²) in [6.45, 7) is 4.00. The van der Waals surface area contributed by atoms with Gasteiger partial charge in [-0.3, -0.25) is 0 Å². The molecule has 19 heavy (non-hydrogen) atoms. The normalized spacial score (nSPS) is 14.4. The predicted molar refractivity (Wildman–Crippen MR) is 73.0 cm³/mol. The third kappa shape index (κ3) is 4.65. The lowest BCUT2D eigenvalue weighted by molar-refractivity contribution is 0.0964. The predicted octanol–water partition coefficient (Wildman–Crippen LogP) is 1.84. The maximum absolute atomic E-state index is 5.58. The first-order valence-corrected chi connectivity index (χ1v) is 6.89. The summed E-state index contributed by atoms with van der Waals surface area (Å²) in [5, 5.41) is 0. The summed E-state index contributed by atoms with van der Waals surface area (Å²) in [5.74, 6) is 7.84. The van der Waals surface area contributed by atoms with Crippen LogP contribution in [0.3, 0.4) is 0 Å². The highest BCUT2D eigenvalue weighted by atomic mass is 16.5. The number of hydrazine groups is 1. The van der Waals surface area contributed by atoms with Crippen molar-refractivity contribution in [2.24, 2.45) is 5.84 Å². The van der Waals surface area contributed by atoms with Gasteiger partial charge in [0.1, 0.15) is 18.2 Å². The van der Waals surface area contributed by atoms with Gasteiger partial charge in [-0.2, -0.15) is 4.98 Å². The van der Waals surface area contributed by atoms with E-state index in [-0.39, 0.29) is 0 Å². The zero-order valence-electron chi connectivity index (χ0n) is 11.4. The van der Waals surface area contributed by atoms with Gasteiger partial charge in [0.05, 0.1) is 6.61 Å². The fourth-order valence-corrected chi connectivity index (χ4v) is 1.67. The van der Waals surface area contributed by atoms with Crippen LogP contribution in [-0.2, 0) is 4.74 Å². The molecule has 1 aromatic heterocycles. The van der Waals surface area contributed by atoms with Crippen LogP contribution in [0.1, 0.15) is 44.3 Å². The van der Waals surface area contributed by atoms with Gasteiger partial charge in [-0.25, -0.2) is 10.8 Å². The van der Waals surface area contributed by atoms with Gasteiger partial charge < -0.3 is 14.9 Å². The molecule has 106 valence electrons. The average Bonchev–Trinajstić information content (AvgIpc) is 3.27. The summed E-state index contributed by atoms with van der Waals surface area (Å²) in [6.07, 6.45) is 4.52. The summed E-state index contributed by atoms with van der Waals surface area (Å²) in [4.78, 5) is 8.72. The van der Waals surface area contributed by atoms with E-state index in [0.717, 1.165) is 38.1 Å². The number of hydrogen-bond donors (Lipinski definition) is 2. The van der Waals surface area contributed by atoms with Gasteiger partial charge in [0.25, 0.3) is 0 Å². The number of ether oxygens (including phenoxy) is 2. The largest absolute Gasteiger partial charge is 0.475 e. The van der Waals surface area contributed by atoms with E-state index >= 15 is 0 Å². The number of unbranched alkanes of at least 4 members (excludes halogenated alkanes) is 1. The highest BCUT2D eigenvalue weighted by molar-refractivity contribution is 5.38. The summed E-state index contributed by atoms with van der Waals surface area (Å²) < 4.78 is 11.0. The molecule has 0 aromatic carbocycles. The van der Waals surface area contributed by atoms with E-state index in [4.69, 9.17) is 15.3 Å². The minimum absolute atomic E-state index is 0.469. The smallest absolute Gasteiger partial charge is 0.218 e. The Balaban J connectivity index is 1.80. The molecule has 0 bridgehead atoms. The molecule has 0 saturated heterocycles. The lowest BCUT2D eigenvalue weighted by Crippen LogP contribution is -2.13. The number of nitrogens with two attached hydrogens (primary N) is 1. The lowest BCUT2D eigenvalue weighted by Gasteiger charge is -2.09. The first-order valence-electron chi connectivity index (χ1n) is 6.89. The summed E-state index contributed by atoms with van der Waals surface area (Å²) >= 11 is 0. The Labute approximate surface area is 113 Å².